The number of nitrogens with one attached hydrogen (secondary N) is 13. The molecule has 0 unspecified atom stereocenters. The molecule has 19 N–H and O–H groups in total. The van der Waals surface area contributed by atoms with Crippen LogP contribution in [0.3, 0.4) is 0 Å². The second-order valence-electron chi connectivity index (χ2n) is 30.0. The Morgan fingerprint density at radius 2 is 0.838 bits per heavy atom. The number of aromatic nitrogens is 6. The van der Waals surface area contributed by atoms with Crippen LogP contribution in [0.25, 0.3) is 21.8 Å². The SMILES string of the molecule is C.CN[C@@H](CCC(=O)N[C@@H](CS(O)(O)O)C(=O)NCCNC(=O)CCCOc1cc(C)c(S(=O)(=O)N[C@@H](CNC(=O)c2cn(C)c3cc(CNc4nccn4C)ccc3c2=O)C(=O)OC)c(C)c1)C(=O)N[C@@H](CS(O)(O)O)C(=O)NCCNC(=O)CCCOc1cc(C)c(S(=O)(=O)N[C@@H](CNC(=O)c2cn(C)c3cc(CNc4nccn4C)ccc3c2=O)C(=O)OC)c(C)c1. The third-order valence-corrected chi connectivity index (χ3v) is 25.1. The molecule has 0 saturated carbocycles. The number of likely N-dealkylation sites (N-methyl/N-ethyl adjacent to an activating group) is 1. The molecule has 712 valence electrons. The van der Waals surface area contributed by atoms with Gasteiger partial charge < -0.3 is 123 Å². The standard InChI is InChI=1S/C80H109N19O26S4.CH4/c1-46-32-52(33-47(2)70(46)128(118,119)94-59(77(110)122-10)40-88-72(105)56-42-98(8)63-36-50(16-18-54(63)68(56)103)38-90-79-86-26-28-96(79)6)124-30-12-14-65(100)82-22-24-84-74(107)61(44-126(112,113)114)92-67(102)21-20-58(81-5)76(109)93-62(45-127(115,116)117)75(108)85-25-23-83-66(101)15-13-31-125-53-34-48(3)71(49(4)35-53)129(120,121)95-60(78(111)123-11)41-89-73(106)57-43-99(9)64-37-51(17-19-55(64)69(57)104)39-91-80-87-27-29-97(80)7;/h16-19,26-29,32-37,42-43,58-62,81,94-95,112-117H,12-15,20-25,30-31,38-41,44-45H2,1-11H3,(H,82,100)(H,83,101)(H,84,107)(H,85,108)(H,86,90)(H,87,91)(H,88,105)(H,89,106)(H,92,102)(H,93,109);1H4/t58-,59-,60-,61-,62-;/m0./s1. The summed E-state index contributed by atoms with van der Waals surface area (Å²) < 4.78 is 148. The Morgan fingerprint density at radius 3 is 1.19 bits per heavy atom. The quantitative estimate of drug-likeness (QED) is 0.0191. The predicted molar refractivity (Wildman–Crippen MR) is 483 cm³/mol. The highest BCUT2D eigenvalue weighted by atomic mass is 32.3. The summed E-state index contributed by atoms with van der Waals surface area (Å²) >= 11 is 0. The lowest BCUT2D eigenvalue weighted by atomic mass is 10.1. The normalized spacial score (nSPS) is 13.1. The molecule has 0 aliphatic heterocycles. The van der Waals surface area contributed by atoms with E-state index in [2.05, 4.69) is 77.9 Å². The van der Waals surface area contributed by atoms with E-state index < -0.39 is 173 Å². The zero-order valence-electron chi connectivity index (χ0n) is 72.5. The highest BCUT2D eigenvalue weighted by Crippen LogP contribution is 2.35. The maximum absolute atomic E-state index is 13.9. The van der Waals surface area contributed by atoms with Crippen molar-refractivity contribution < 1.29 is 111 Å². The number of carbonyl (C=O) groups is 10. The molecular formula is C81H113N19O26S4. The van der Waals surface area contributed by atoms with Gasteiger partial charge in [-0.05, 0) is 136 Å². The van der Waals surface area contributed by atoms with Crippen molar-refractivity contribution in [2.45, 2.75) is 127 Å². The number of imidazole rings is 2. The molecule has 0 saturated heterocycles. The van der Waals surface area contributed by atoms with Gasteiger partial charge in [0.25, 0.3) is 11.8 Å². The third-order valence-electron chi connectivity index (χ3n) is 20.0. The summed E-state index contributed by atoms with van der Waals surface area (Å²) in [4.78, 5) is 167. The lowest BCUT2D eigenvalue weighted by Gasteiger charge is -2.27. The van der Waals surface area contributed by atoms with E-state index in [1.54, 1.807) is 93.5 Å². The summed E-state index contributed by atoms with van der Waals surface area (Å²) in [6.45, 7) is 4.50. The Morgan fingerprint density at radius 1 is 0.462 bits per heavy atom. The number of amides is 8. The number of rotatable bonds is 49. The van der Waals surface area contributed by atoms with Crippen molar-refractivity contribution in [1.29, 1.82) is 0 Å². The van der Waals surface area contributed by atoms with Crippen LogP contribution in [0.5, 0.6) is 11.5 Å². The third kappa shape index (κ3) is 30.2. The maximum atomic E-state index is 13.9. The van der Waals surface area contributed by atoms with Crippen LogP contribution < -0.4 is 88.3 Å². The second-order valence-corrected chi connectivity index (χ2v) is 36.5. The number of pyridine rings is 2. The van der Waals surface area contributed by atoms with Crippen LogP contribution in [0.4, 0.5) is 11.9 Å². The molecule has 8 rings (SSSR count). The molecule has 8 amide bonds. The van der Waals surface area contributed by atoms with Crippen LogP contribution >= 0.6 is 21.7 Å². The molecule has 0 aliphatic rings. The topological polar surface area (TPSA) is 633 Å². The van der Waals surface area contributed by atoms with Crippen molar-refractivity contribution in [3.8, 4) is 11.5 Å². The van der Waals surface area contributed by atoms with Gasteiger partial charge in [0.2, 0.25) is 78.2 Å². The second kappa shape index (κ2) is 47.4. The van der Waals surface area contributed by atoms with Crippen molar-refractivity contribution >= 4 is 135 Å². The van der Waals surface area contributed by atoms with Crippen molar-refractivity contribution in [2.75, 3.05) is 95.9 Å². The van der Waals surface area contributed by atoms with Crippen molar-refractivity contribution in [2.24, 2.45) is 28.2 Å². The summed E-state index contributed by atoms with van der Waals surface area (Å²) in [7, 11) is -7.60. The first-order chi connectivity index (χ1) is 60.8. The lowest BCUT2D eigenvalue weighted by Crippen LogP contribution is -2.55. The van der Waals surface area contributed by atoms with Crippen molar-refractivity contribution in [1.82, 2.24) is 85.5 Å². The van der Waals surface area contributed by atoms with Crippen LogP contribution in [0.15, 0.2) is 117 Å². The molecular weight excluding hydrogens is 1780 g/mol. The molecule has 8 aromatic rings. The Hall–Kier alpha value is -12.1. The minimum atomic E-state index is -4.52. The molecule has 0 radical (unpaired) electrons. The molecule has 130 heavy (non-hydrogen) atoms. The molecule has 0 fully saturated rings. The van der Waals surface area contributed by atoms with Crippen LogP contribution in [0.1, 0.15) is 100 Å². The Kier molecular flexibility index (Phi) is 38.3. The minimum Gasteiger partial charge on any atom is -0.494 e. The maximum Gasteiger partial charge on any atom is 0.325 e. The van der Waals surface area contributed by atoms with Gasteiger partial charge in [-0.25, -0.2) is 26.8 Å². The van der Waals surface area contributed by atoms with Crippen LogP contribution in [-0.4, -0.2) is 247 Å². The Balaban J connectivity index is 0.0000231. The molecule has 5 atom stereocenters. The highest BCUT2D eigenvalue weighted by molar-refractivity contribution is 8.19. The van der Waals surface area contributed by atoms with E-state index in [4.69, 9.17) is 18.9 Å². The van der Waals surface area contributed by atoms with Gasteiger partial charge in [0, 0.05) is 148 Å². The van der Waals surface area contributed by atoms with Gasteiger partial charge in [0.1, 0.15) is 46.8 Å². The molecule has 4 aromatic carbocycles. The van der Waals surface area contributed by atoms with Gasteiger partial charge in [0.05, 0.1) is 87.5 Å². The summed E-state index contributed by atoms with van der Waals surface area (Å²) in [6, 6.07) is 7.70. The number of nitrogens with zero attached hydrogens (tertiary/aromatic N) is 6. The number of esters is 2. The average molecular weight is 1900 g/mol. The van der Waals surface area contributed by atoms with E-state index >= 15 is 0 Å². The lowest BCUT2D eigenvalue weighted by molar-refractivity contribution is -0.143. The predicted octanol–water partition coefficient (Wildman–Crippen LogP) is 1.72. The number of anilines is 2. The van der Waals surface area contributed by atoms with Gasteiger partial charge in [-0.1, -0.05) is 19.6 Å². The molecule has 0 bridgehead atoms. The van der Waals surface area contributed by atoms with Gasteiger partial charge in [-0.15, -0.1) is 0 Å². The first-order valence-electron chi connectivity index (χ1n) is 40.0. The fourth-order valence-electron chi connectivity index (χ4n) is 13.6. The zero-order valence-corrected chi connectivity index (χ0v) is 75.8. The Bertz CT molecular complexity index is 5770. The summed E-state index contributed by atoms with van der Waals surface area (Å²) in [5, 5.41) is 28.9. The molecule has 4 aromatic heterocycles. The highest BCUT2D eigenvalue weighted by Gasteiger charge is 2.36. The number of benzene rings is 4. The average Bonchev–Trinajstić information content (AvgIpc) is 0.784. The molecule has 4 heterocycles. The van der Waals surface area contributed by atoms with E-state index in [-0.39, 0.29) is 144 Å². The first-order valence-corrected chi connectivity index (χ1v) is 46.4. The largest absolute Gasteiger partial charge is 0.494 e. The molecule has 45 nitrogen and oxygen atoms in total. The van der Waals surface area contributed by atoms with Crippen LogP contribution in [0, 0.1) is 27.7 Å². The number of carbonyl (C=O) groups excluding carboxylic acids is 10. The van der Waals surface area contributed by atoms with Gasteiger partial charge in [-0.2, -0.15) is 9.44 Å². The fourth-order valence-corrected chi connectivity index (χ4v) is 18.3. The van der Waals surface area contributed by atoms with Gasteiger partial charge in [-0.3, -0.25) is 57.5 Å². The van der Waals surface area contributed by atoms with E-state index in [0.717, 1.165) is 25.3 Å². The summed E-state index contributed by atoms with van der Waals surface area (Å²) in [5.74, 6) is -9.30. The monoisotopic (exact) mass is 1900 g/mol. The smallest absolute Gasteiger partial charge is 0.325 e. The molecule has 0 aliphatic carbocycles. The van der Waals surface area contributed by atoms with Crippen molar-refractivity contribution in [3.05, 3.63) is 163 Å². The minimum absolute atomic E-state index is 0. The zero-order chi connectivity index (χ0) is 95.0. The van der Waals surface area contributed by atoms with Crippen LogP contribution in [0.2, 0.25) is 0 Å². The number of hydrogen-bond acceptors (Lipinski definition) is 31. The van der Waals surface area contributed by atoms with Crippen molar-refractivity contribution in [3.63, 3.8) is 0 Å². The Labute approximate surface area is 752 Å². The number of aryl methyl sites for hydroxylation is 8. The summed E-state index contributed by atoms with van der Waals surface area (Å²) in [6.07, 6.45) is 8.67. The molecule has 49 heteroatoms. The van der Waals surface area contributed by atoms with E-state index in [0.29, 0.717) is 36.0 Å². The number of sulfonamides is 2. The fraction of sp³-hybridized carbons (Fsp3) is 0.432. The van der Waals surface area contributed by atoms with E-state index in [1.807, 2.05) is 14.1 Å². The number of fused-ring (bicyclic) bond motifs is 2. The first kappa shape index (κ1) is 105. The number of hydrogen-bond donors (Lipinski definition) is 19. The van der Waals surface area contributed by atoms with E-state index in [1.165, 1.54) is 71.4 Å². The van der Waals surface area contributed by atoms with Gasteiger partial charge >= 0.3 is 11.9 Å². The number of ether oxygens (including phenoxy) is 4. The molecule has 0 spiro atoms. The van der Waals surface area contributed by atoms with E-state index in [9.17, 15) is 102 Å². The van der Waals surface area contributed by atoms with Crippen LogP contribution in [-0.2, 0) is 109 Å². The van der Waals surface area contributed by atoms with Gasteiger partial charge in [0.15, 0.2) is 0 Å². The summed E-state index contributed by atoms with van der Waals surface area (Å²) in [5.41, 5.74) is 1.78. The number of methoxy groups -OCH3 is 2.